The molecule has 0 N–H and O–H groups in total. The van der Waals surface area contributed by atoms with Gasteiger partial charge < -0.3 is 14.5 Å². The highest BCUT2D eigenvalue weighted by Gasteiger charge is 2.24. The molecule has 2 aromatic carbocycles. The minimum Gasteiger partial charge on any atom is -0.494 e. The average molecular weight is 503 g/mol. The number of methoxy groups -OCH3 is 1. The van der Waals surface area contributed by atoms with Crippen LogP contribution in [0.1, 0.15) is 15.9 Å². The van der Waals surface area contributed by atoms with Gasteiger partial charge in [-0.05, 0) is 29.8 Å². The third kappa shape index (κ3) is 4.74. The fraction of sp³-hybridized carbons (Fsp3) is 0.222. The minimum atomic E-state index is -3.61. The predicted molar refractivity (Wildman–Crippen MR) is 138 cm³/mol. The summed E-state index contributed by atoms with van der Waals surface area (Å²) in [7, 11) is -1.98. The molecule has 1 aliphatic rings. The normalized spacial score (nSPS) is 14.1. The molecule has 1 fully saturated rings. The average Bonchev–Trinajstić information content (AvgIpc) is 2.92. The lowest BCUT2D eigenvalue weighted by atomic mass is 10.1. The number of amides is 1. The summed E-state index contributed by atoms with van der Waals surface area (Å²) in [5.74, 6) is 0.526. The van der Waals surface area contributed by atoms with E-state index in [1.807, 2.05) is 23.1 Å². The first-order valence-corrected chi connectivity index (χ1v) is 13.3. The summed E-state index contributed by atoms with van der Waals surface area (Å²) >= 11 is 0. The Kier molecular flexibility index (Phi) is 6.56. The van der Waals surface area contributed by atoms with Crippen LogP contribution in [0, 0.1) is 0 Å². The highest BCUT2D eigenvalue weighted by Crippen LogP contribution is 2.28. The molecule has 0 aliphatic carbocycles. The monoisotopic (exact) mass is 502 g/mol. The molecule has 3 heterocycles. The molecule has 9 heteroatoms. The summed E-state index contributed by atoms with van der Waals surface area (Å²) in [4.78, 5) is 25.7. The molecule has 36 heavy (non-hydrogen) atoms. The Balaban J connectivity index is 1.25. The molecular weight excluding hydrogens is 476 g/mol. The summed E-state index contributed by atoms with van der Waals surface area (Å²) in [6.45, 7) is 2.48. The number of aromatic nitrogens is 2. The van der Waals surface area contributed by atoms with Crippen molar-refractivity contribution in [3.8, 4) is 5.75 Å². The van der Waals surface area contributed by atoms with Gasteiger partial charge in [0.05, 0.1) is 35.2 Å². The Morgan fingerprint density at radius 2 is 1.69 bits per heavy atom. The second-order valence-corrected chi connectivity index (χ2v) is 10.6. The zero-order valence-corrected chi connectivity index (χ0v) is 20.7. The second kappa shape index (κ2) is 9.94. The molecule has 2 aromatic heterocycles. The number of anilines is 1. The van der Waals surface area contributed by atoms with E-state index in [0.717, 1.165) is 16.8 Å². The second-order valence-electron chi connectivity index (χ2n) is 8.61. The molecule has 184 valence electrons. The zero-order valence-electron chi connectivity index (χ0n) is 19.9. The third-order valence-corrected chi connectivity index (χ3v) is 8.09. The fourth-order valence-corrected chi connectivity index (χ4v) is 6.02. The van der Waals surface area contributed by atoms with Gasteiger partial charge in [0.2, 0.25) is 0 Å². The van der Waals surface area contributed by atoms with E-state index in [-0.39, 0.29) is 16.6 Å². The standard InChI is InChI=1S/C27H26N4O4S/c1-35-24-11-13-28-18-23(24)30-14-16-31(17-15-30)27(32)22-9-7-20(8-10-22)19-36(33,34)25-6-2-4-21-5-3-12-29-26(21)25/h2-13,18H,14-17,19H2,1H3. The van der Waals surface area contributed by atoms with Gasteiger partial charge in [0, 0.05) is 55.6 Å². The highest BCUT2D eigenvalue weighted by atomic mass is 32.2. The SMILES string of the molecule is COc1ccncc1N1CCN(C(=O)c2ccc(CS(=O)(=O)c3cccc4cccnc34)cc2)CC1. The number of carbonyl (C=O) groups is 1. The van der Waals surface area contributed by atoms with Gasteiger partial charge in [0.15, 0.2) is 9.84 Å². The number of hydrogen-bond donors (Lipinski definition) is 0. The van der Waals surface area contributed by atoms with Crippen molar-refractivity contribution in [1.82, 2.24) is 14.9 Å². The van der Waals surface area contributed by atoms with Crippen LogP contribution in [0.5, 0.6) is 5.75 Å². The van der Waals surface area contributed by atoms with E-state index in [1.165, 1.54) is 0 Å². The van der Waals surface area contributed by atoms with Gasteiger partial charge in [-0.2, -0.15) is 0 Å². The van der Waals surface area contributed by atoms with Crippen LogP contribution in [0.4, 0.5) is 5.69 Å². The molecule has 0 bridgehead atoms. The summed E-state index contributed by atoms with van der Waals surface area (Å²) in [6.07, 6.45) is 5.06. The van der Waals surface area contributed by atoms with Gasteiger partial charge >= 0.3 is 0 Å². The van der Waals surface area contributed by atoms with Gasteiger partial charge in [-0.3, -0.25) is 14.8 Å². The number of pyridine rings is 2. The largest absolute Gasteiger partial charge is 0.494 e. The minimum absolute atomic E-state index is 0.0690. The number of nitrogens with zero attached hydrogens (tertiary/aromatic N) is 4. The van der Waals surface area contributed by atoms with Crippen molar-refractivity contribution in [1.29, 1.82) is 0 Å². The number of para-hydroxylation sites is 1. The van der Waals surface area contributed by atoms with E-state index in [9.17, 15) is 13.2 Å². The number of fused-ring (bicyclic) bond motifs is 1. The number of rotatable bonds is 6. The van der Waals surface area contributed by atoms with Crippen LogP contribution in [-0.2, 0) is 15.6 Å². The summed E-state index contributed by atoms with van der Waals surface area (Å²) in [6, 6.07) is 17.4. The van der Waals surface area contributed by atoms with E-state index in [1.54, 1.807) is 68.2 Å². The number of piperazine rings is 1. The molecule has 0 unspecified atom stereocenters. The van der Waals surface area contributed by atoms with Gasteiger partial charge in [-0.25, -0.2) is 8.42 Å². The van der Waals surface area contributed by atoms with Crippen LogP contribution in [-0.4, -0.2) is 62.5 Å². The lowest BCUT2D eigenvalue weighted by molar-refractivity contribution is 0.0746. The van der Waals surface area contributed by atoms with Crippen LogP contribution < -0.4 is 9.64 Å². The van der Waals surface area contributed by atoms with Gasteiger partial charge in [-0.1, -0.05) is 30.3 Å². The number of sulfone groups is 1. The van der Waals surface area contributed by atoms with Crippen LogP contribution in [0.15, 0.2) is 84.1 Å². The Morgan fingerprint density at radius 1 is 0.944 bits per heavy atom. The summed E-state index contributed by atoms with van der Waals surface area (Å²) < 4.78 is 31.7. The van der Waals surface area contributed by atoms with Crippen molar-refractivity contribution < 1.29 is 17.9 Å². The zero-order chi connectivity index (χ0) is 25.1. The van der Waals surface area contributed by atoms with Crippen LogP contribution in [0.25, 0.3) is 10.9 Å². The lowest BCUT2D eigenvalue weighted by Crippen LogP contribution is -2.48. The number of benzene rings is 2. The molecule has 0 radical (unpaired) electrons. The fourth-order valence-electron chi connectivity index (χ4n) is 4.48. The van der Waals surface area contributed by atoms with Crippen molar-refractivity contribution in [3.05, 3.63) is 90.4 Å². The molecule has 0 spiro atoms. The first-order valence-electron chi connectivity index (χ1n) is 11.6. The molecule has 1 aliphatic heterocycles. The molecule has 8 nitrogen and oxygen atoms in total. The molecule has 5 rings (SSSR count). The quantitative estimate of drug-likeness (QED) is 0.398. The molecule has 1 saturated heterocycles. The Labute approximate surface area is 210 Å². The van der Waals surface area contributed by atoms with Crippen LogP contribution >= 0.6 is 0 Å². The Bertz CT molecular complexity index is 1490. The smallest absolute Gasteiger partial charge is 0.253 e. The van der Waals surface area contributed by atoms with E-state index in [4.69, 9.17) is 4.74 Å². The maximum atomic E-state index is 13.1. The van der Waals surface area contributed by atoms with Gasteiger partial charge in [0.25, 0.3) is 5.91 Å². The van der Waals surface area contributed by atoms with Crippen molar-refractivity contribution in [2.45, 2.75) is 10.6 Å². The van der Waals surface area contributed by atoms with Crippen molar-refractivity contribution in [2.75, 3.05) is 38.2 Å². The number of ether oxygens (including phenoxy) is 1. The highest BCUT2D eigenvalue weighted by molar-refractivity contribution is 7.90. The van der Waals surface area contributed by atoms with Crippen molar-refractivity contribution in [2.24, 2.45) is 0 Å². The lowest BCUT2D eigenvalue weighted by Gasteiger charge is -2.36. The Morgan fingerprint density at radius 3 is 2.44 bits per heavy atom. The molecular formula is C27H26N4O4S. The van der Waals surface area contributed by atoms with E-state index >= 15 is 0 Å². The topological polar surface area (TPSA) is 92.7 Å². The summed E-state index contributed by atoms with van der Waals surface area (Å²) in [5, 5.41) is 0.779. The third-order valence-electron chi connectivity index (χ3n) is 6.38. The van der Waals surface area contributed by atoms with Crippen molar-refractivity contribution in [3.63, 3.8) is 0 Å². The number of carbonyl (C=O) groups excluding carboxylic acids is 1. The molecule has 0 saturated carbocycles. The maximum Gasteiger partial charge on any atom is 0.253 e. The first-order chi connectivity index (χ1) is 17.5. The molecule has 0 atom stereocenters. The summed E-state index contributed by atoms with van der Waals surface area (Å²) in [5.41, 5.74) is 2.54. The Hall–Kier alpha value is -3.98. The van der Waals surface area contributed by atoms with Gasteiger partial charge in [-0.15, -0.1) is 0 Å². The molecule has 4 aromatic rings. The van der Waals surface area contributed by atoms with Crippen LogP contribution in [0.2, 0.25) is 0 Å². The molecule has 1 amide bonds. The first kappa shape index (κ1) is 23.7. The van der Waals surface area contributed by atoms with E-state index in [2.05, 4.69) is 14.9 Å². The van der Waals surface area contributed by atoms with E-state index < -0.39 is 9.84 Å². The van der Waals surface area contributed by atoms with E-state index in [0.29, 0.717) is 42.8 Å². The predicted octanol–water partition coefficient (Wildman–Crippen LogP) is 3.57. The van der Waals surface area contributed by atoms with Crippen molar-refractivity contribution >= 4 is 32.3 Å². The maximum absolute atomic E-state index is 13.1. The van der Waals surface area contributed by atoms with Gasteiger partial charge in [0.1, 0.15) is 5.75 Å². The van der Waals surface area contributed by atoms with Crippen LogP contribution in [0.3, 0.4) is 0 Å². The number of hydrogen-bond acceptors (Lipinski definition) is 7.